The molecule has 2 aromatic carbocycles. The second-order valence-electron chi connectivity index (χ2n) is 7.09. The van der Waals surface area contributed by atoms with Crippen LogP contribution in [0.1, 0.15) is 19.4 Å². The Bertz CT molecular complexity index is 903. The van der Waals surface area contributed by atoms with E-state index in [1.807, 2.05) is 74.5 Å². The molecule has 1 N–H and O–H groups in total. The zero-order chi connectivity index (χ0) is 20.6. The quantitative estimate of drug-likeness (QED) is 0.579. The van der Waals surface area contributed by atoms with E-state index in [2.05, 4.69) is 5.32 Å². The maximum atomic E-state index is 12.9. The first-order chi connectivity index (χ1) is 14.1. The molecule has 3 rings (SSSR count). The molecule has 6 nitrogen and oxygen atoms in total. The molecule has 29 heavy (non-hydrogen) atoms. The Balaban J connectivity index is 1.61. The topological polar surface area (TPSA) is 74.6 Å². The third-order valence-corrected chi connectivity index (χ3v) is 4.59. The van der Waals surface area contributed by atoms with E-state index in [0.717, 1.165) is 11.3 Å². The Morgan fingerprint density at radius 3 is 2.59 bits per heavy atom. The van der Waals surface area contributed by atoms with Crippen LogP contribution in [0.25, 0.3) is 0 Å². The fourth-order valence-corrected chi connectivity index (χ4v) is 3.02. The van der Waals surface area contributed by atoms with Gasteiger partial charge in [-0.25, -0.2) is 0 Å². The molecule has 0 saturated heterocycles. The van der Waals surface area contributed by atoms with Crippen LogP contribution in [-0.2, 0) is 11.3 Å². The van der Waals surface area contributed by atoms with Gasteiger partial charge in [0.1, 0.15) is 24.4 Å². The van der Waals surface area contributed by atoms with Gasteiger partial charge in [0.15, 0.2) is 11.5 Å². The number of rotatable bonds is 7. The number of fused-ring (bicyclic) bond motifs is 1. The number of hydrogen-bond acceptors (Lipinski definition) is 5. The van der Waals surface area contributed by atoms with Crippen LogP contribution in [-0.4, -0.2) is 36.1 Å². The van der Waals surface area contributed by atoms with Crippen molar-refractivity contribution in [3.05, 3.63) is 71.9 Å². The smallest absolute Gasteiger partial charge is 0.266 e. The summed E-state index contributed by atoms with van der Waals surface area (Å²) in [7, 11) is 0. The number of nitriles is 1. The minimum absolute atomic E-state index is 0.0361. The third-order valence-electron chi connectivity index (χ3n) is 4.59. The first-order valence-corrected chi connectivity index (χ1v) is 9.65. The van der Waals surface area contributed by atoms with Gasteiger partial charge in [0, 0.05) is 18.8 Å². The molecule has 6 heteroatoms. The van der Waals surface area contributed by atoms with Crippen molar-refractivity contribution in [1.29, 1.82) is 5.26 Å². The second-order valence-corrected chi connectivity index (χ2v) is 7.09. The number of nitrogens with zero attached hydrogens (tertiary/aromatic N) is 2. The van der Waals surface area contributed by atoms with Gasteiger partial charge >= 0.3 is 0 Å². The Kier molecular flexibility index (Phi) is 6.75. The van der Waals surface area contributed by atoms with Crippen molar-refractivity contribution >= 4 is 5.91 Å². The number of carbonyl (C=O) groups is 1. The van der Waals surface area contributed by atoms with Crippen molar-refractivity contribution in [3.63, 3.8) is 0 Å². The number of nitrogens with one attached hydrogen (secondary N) is 1. The highest BCUT2D eigenvalue weighted by atomic mass is 16.6. The minimum atomic E-state index is -0.301. The molecule has 0 spiro atoms. The van der Waals surface area contributed by atoms with E-state index >= 15 is 0 Å². The van der Waals surface area contributed by atoms with E-state index in [4.69, 9.17) is 9.47 Å². The lowest BCUT2D eigenvalue weighted by Crippen LogP contribution is -2.39. The lowest BCUT2D eigenvalue weighted by Gasteiger charge is -2.27. The number of amides is 1. The lowest BCUT2D eigenvalue weighted by molar-refractivity contribution is -0.129. The highest BCUT2D eigenvalue weighted by Crippen LogP contribution is 2.30. The summed E-state index contributed by atoms with van der Waals surface area (Å²) >= 11 is 0. The summed E-state index contributed by atoms with van der Waals surface area (Å²) in [6.45, 7) is 5.15. The highest BCUT2D eigenvalue weighted by molar-refractivity contribution is 5.97. The molecular weight excluding hydrogens is 366 g/mol. The molecule has 1 aliphatic rings. The zero-order valence-electron chi connectivity index (χ0n) is 16.7. The molecule has 0 saturated carbocycles. The molecule has 1 aliphatic heterocycles. The number of carbonyl (C=O) groups excluding carboxylic acids is 1. The van der Waals surface area contributed by atoms with Crippen molar-refractivity contribution < 1.29 is 14.3 Å². The molecule has 150 valence electrons. The number of hydrogen-bond donors (Lipinski definition) is 1. The zero-order valence-corrected chi connectivity index (χ0v) is 16.7. The first kappa shape index (κ1) is 20.3. The van der Waals surface area contributed by atoms with Crippen molar-refractivity contribution in [2.24, 2.45) is 0 Å². The van der Waals surface area contributed by atoms with Crippen molar-refractivity contribution in [2.75, 3.05) is 13.2 Å². The van der Waals surface area contributed by atoms with Gasteiger partial charge in [0.2, 0.25) is 0 Å². The van der Waals surface area contributed by atoms with Gasteiger partial charge in [0.05, 0.1) is 6.54 Å². The Labute approximate surface area is 171 Å². The molecule has 1 unspecified atom stereocenters. The molecule has 0 aliphatic carbocycles. The molecule has 0 bridgehead atoms. The predicted octanol–water partition coefficient (Wildman–Crippen LogP) is 3.26. The maximum Gasteiger partial charge on any atom is 0.266 e. The van der Waals surface area contributed by atoms with Gasteiger partial charge in [-0.1, -0.05) is 42.5 Å². The summed E-state index contributed by atoms with van der Waals surface area (Å²) in [5.74, 6) is 1.12. The predicted molar refractivity (Wildman–Crippen MR) is 110 cm³/mol. The SMILES string of the molecule is CC(C)N(Cc1ccccc1)C(=O)/C(C#N)=C\NCC1COc2ccccc2O1. The number of para-hydroxylation sites is 2. The summed E-state index contributed by atoms with van der Waals surface area (Å²) < 4.78 is 11.6. The van der Waals surface area contributed by atoms with E-state index in [0.29, 0.717) is 25.4 Å². The molecule has 1 amide bonds. The molecule has 0 fully saturated rings. The molecular formula is C23H25N3O3. The van der Waals surface area contributed by atoms with Crippen LogP contribution in [0.2, 0.25) is 0 Å². The van der Waals surface area contributed by atoms with Crippen molar-refractivity contribution in [1.82, 2.24) is 10.2 Å². The van der Waals surface area contributed by atoms with Crippen LogP contribution in [0.3, 0.4) is 0 Å². The summed E-state index contributed by atoms with van der Waals surface area (Å²) in [5.41, 5.74) is 1.08. The molecule has 2 aromatic rings. The van der Waals surface area contributed by atoms with Gasteiger partial charge in [-0.05, 0) is 31.5 Å². The average molecular weight is 391 g/mol. The van der Waals surface area contributed by atoms with Crippen LogP contribution in [0, 0.1) is 11.3 Å². The van der Waals surface area contributed by atoms with Crippen LogP contribution < -0.4 is 14.8 Å². The second kappa shape index (κ2) is 9.65. The van der Waals surface area contributed by atoms with E-state index in [1.54, 1.807) is 4.90 Å². The highest BCUT2D eigenvalue weighted by Gasteiger charge is 2.23. The Morgan fingerprint density at radius 2 is 1.90 bits per heavy atom. The van der Waals surface area contributed by atoms with Gasteiger partial charge in [-0.15, -0.1) is 0 Å². The van der Waals surface area contributed by atoms with E-state index in [1.165, 1.54) is 6.20 Å². The van der Waals surface area contributed by atoms with Crippen LogP contribution in [0.4, 0.5) is 0 Å². The van der Waals surface area contributed by atoms with Gasteiger partial charge < -0.3 is 19.7 Å². The van der Waals surface area contributed by atoms with Crippen LogP contribution in [0.15, 0.2) is 66.4 Å². The summed E-state index contributed by atoms with van der Waals surface area (Å²) in [6, 6.07) is 19.2. The summed E-state index contributed by atoms with van der Waals surface area (Å²) in [6.07, 6.45) is 1.26. The largest absolute Gasteiger partial charge is 0.486 e. The average Bonchev–Trinajstić information content (AvgIpc) is 2.75. The summed E-state index contributed by atoms with van der Waals surface area (Å²) in [4.78, 5) is 14.6. The van der Waals surface area contributed by atoms with Crippen LogP contribution >= 0.6 is 0 Å². The normalized spacial score (nSPS) is 15.5. The molecule has 1 heterocycles. The van der Waals surface area contributed by atoms with Gasteiger partial charge in [-0.2, -0.15) is 5.26 Å². The molecule has 0 radical (unpaired) electrons. The van der Waals surface area contributed by atoms with Gasteiger partial charge in [0.25, 0.3) is 5.91 Å². The van der Waals surface area contributed by atoms with Crippen molar-refractivity contribution in [3.8, 4) is 17.6 Å². The number of ether oxygens (including phenoxy) is 2. The van der Waals surface area contributed by atoms with Crippen molar-refractivity contribution in [2.45, 2.75) is 32.5 Å². The lowest BCUT2D eigenvalue weighted by atomic mass is 10.1. The standard InChI is InChI=1S/C23H25N3O3/c1-17(2)26(15-18-8-4-3-5-9-18)23(27)19(12-24)13-25-14-20-16-28-21-10-6-7-11-22(21)29-20/h3-11,13,17,20,25H,14-16H2,1-2H3/b19-13-. The fraction of sp³-hybridized carbons (Fsp3) is 0.304. The van der Waals surface area contributed by atoms with E-state index < -0.39 is 0 Å². The van der Waals surface area contributed by atoms with Gasteiger partial charge in [-0.3, -0.25) is 4.79 Å². The maximum absolute atomic E-state index is 12.9. The van der Waals surface area contributed by atoms with E-state index in [9.17, 15) is 10.1 Å². The first-order valence-electron chi connectivity index (χ1n) is 9.65. The minimum Gasteiger partial charge on any atom is -0.486 e. The Morgan fingerprint density at radius 1 is 1.21 bits per heavy atom. The molecule has 0 aromatic heterocycles. The molecule has 1 atom stereocenters. The summed E-state index contributed by atoms with van der Waals surface area (Å²) in [5, 5.41) is 12.5. The Hall–Kier alpha value is -3.46. The van der Waals surface area contributed by atoms with E-state index in [-0.39, 0.29) is 23.6 Å². The number of benzene rings is 2. The fourth-order valence-electron chi connectivity index (χ4n) is 3.02. The monoisotopic (exact) mass is 391 g/mol. The third kappa shape index (κ3) is 5.29. The van der Waals surface area contributed by atoms with Crippen LogP contribution in [0.5, 0.6) is 11.5 Å².